The van der Waals surface area contributed by atoms with Crippen molar-refractivity contribution in [3.8, 4) is 0 Å². The van der Waals surface area contributed by atoms with Crippen molar-refractivity contribution in [3.63, 3.8) is 0 Å². The van der Waals surface area contributed by atoms with E-state index >= 15 is 0 Å². The monoisotopic (exact) mass is 712 g/mol. The van der Waals surface area contributed by atoms with Crippen LogP contribution in [0.3, 0.4) is 0 Å². The van der Waals surface area contributed by atoms with Crippen LogP contribution in [-0.4, -0.2) is 54.7 Å². The first-order valence-corrected chi connectivity index (χ1v) is 14.9. The van der Waals surface area contributed by atoms with Crippen LogP contribution in [0, 0.1) is 0 Å². The summed E-state index contributed by atoms with van der Waals surface area (Å²) in [5.74, 6) is -14.7. The molecule has 3 rings (SSSR count). The maximum Gasteiger partial charge on any atom is 0.485 e. The number of rotatable bonds is 6. The highest BCUT2D eigenvalue weighted by molar-refractivity contribution is 7.97. The number of benzene rings is 3. The van der Waals surface area contributed by atoms with Gasteiger partial charge in [-0.2, -0.15) is 61.1 Å². The normalized spacial score (nSPS) is 13.3. The van der Waals surface area contributed by atoms with Gasteiger partial charge in [0.15, 0.2) is 24.8 Å². The molecule has 0 aliphatic carbocycles. The molecule has 246 valence electrons. The summed E-state index contributed by atoms with van der Waals surface area (Å²) in [5, 5.41) is -7.00. The van der Waals surface area contributed by atoms with Crippen LogP contribution in [0.1, 0.15) is 0 Å². The Kier molecular flexibility index (Phi) is 12.4. The lowest BCUT2D eigenvalue weighted by atomic mass is 10.1. The molecule has 6 nitrogen and oxygen atoms in total. The average molecular weight is 713 g/mol. The zero-order chi connectivity index (χ0) is 34.4. The molecule has 0 aromatic heterocycles. The second-order valence-corrected chi connectivity index (χ2v) is 12.6. The molecular formula is C23H16F12O6S3. The number of hydrogen-bond donors (Lipinski definition) is 1. The SMILES string of the molecule is O=S(=O)(O)C(F)(F)C(F)(F)C(F)(F)C(F)(F)F.O=S(=O)([O-])C(F)(F)F.c1ccc([S+](c2ccccc2)c2ccccc2)cc1. The molecule has 0 atom stereocenters. The number of alkyl halides is 12. The van der Waals surface area contributed by atoms with E-state index in [9.17, 15) is 61.1 Å². The molecule has 0 bridgehead atoms. The molecule has 21 heteroatoms. The van der Waals surface area contributed by atoms with Crippen molar-refractivity contribution in [3.05, 3.63) is 91.0 Å². The van der Waals surface area contributed by atoms with Gasteiger partial charge in [0.25, 0.3) is 0 Å². The maximum atomic E-state index is 12.2. The van der Waals surface area contributed by atoms with E-state index in [1.165, 1.54) is 14.7 Å². The molecule has 44 heavy (non-hydrogen) atoms. The first-order chi connectivity index (χ1) is 19.7. The highest BCUT2D eigenvalue weighted by Gasteiger charge is 2.85. The molecule has 0 unspecified atom stereocenters. The van der Waals surface area contributed by atoms with Gasteiger partial charge in [-0.25, -0.2) is 8.42 Å². The van der Waals surface area contributed by atoms with Crippen LogP contribution in [-0.2, 0) is 31.1 Å². The van der Waals surface area contributed by atoms with E-state index in [0.29, 0.717) is 0 Å². The zero-order valence-corrected chi connectivity index (χ0v) is 23.4. The van der Waals surface area contributed by atoms with E-state index in [0.717, 1.165) is 0 Å². The topological polar surface area (TPSA) is 112 Å². The Morgan fingerprint density at radius 2 is 0.773 bits per heavy atom. The summed E-state index contributed by atoms with van der Waals surface area (Å²) in [6.07, 6.45) is -7.13. The van der Waals surface area contributed by atoms with Gasteiger partial charge in [-0.3, -0.25) is 4.55 Å². The van der Waals surface area contributed by atoms with Gasteiger partial charge < -0.3 is 4.55 Å². The highest BCUT2D eigenvalue weighted by Crippen LogP contribution is 2.54. The fraction of sp³-hybridized carbons (Fsp3) is 0.217. The quantitative estimate of drug-likeness (QED) is 0.126. The summed E-state index contributed by atoms with van der Waals surface area (Å²) in [6, 6.07) is 32.2. The van der Waals surface area contributed by atoms with Crippen LogP contribution in [0.25, 0.3) is 0 Å². The van der Waals surface area contributed by atoms with Crippen LogP contribution in [0.5, 0.6) is 0 Å². The van der Waals surface area contributed by atoms with Crippen molar-refractivity contribution in [1.82, 2.24) is 0 Å². The van der Waals surface area contributed by atoms with E-state index in [-0.39, 0.29) is 10.9 Å². The minimum Gasteiger partial charge on any atom is -0.741 e. The molecule has 1 N–H and O–H groups in total. The third-order valence-corrected chi connectivity index (χ3v) is 8.36. The van der Waals surface area contributed by atoms with Crippen LogP contribution in [0.15, 0.2) is 106 Å². The van der Waals surface area contributed by atoms with Gasteiger partial charge in [-0.15, -0.1) is 0 Å². The average Bonchev–Trinajstić information content (AvgIpc) is 2.89. The van der Waals surface area contributed by atoms with E-state index in [2.05, 4.69) is 91.0 Å². The molecule has 0 radical (unpaired) electrons. The molecule has 0 saturated carbocycles. The number of hydrogen-bond acceptors (Lipinski definition) is 5. The fourth-order valence-corrected chi connectivity index (χ4v) is 5.16. The predicted octanol–water partition coefficient (Wildman–Crippen LogP) is 7.13. The Morgan fingerprint density at radius 1 is 0.523 bits per heavy atom. The summed E-state index contributed by atoms with van der Waals surface area (Å²) in [7, 11) is -13.3. The summed E-state index contributed by atoms with van der Waals surface area (Å²) in [5.41, 5.74) is -5.65. The molecule has 0 spiro atoms. The van der Waals surface area contributed by atoms with Crippen LogP contribution >= 0.6 is 0 Å². The third-order valence-electron chi connectivity index (χ3n) is 4.66. The Bertz CT molecular complexity index is 1460. The standard InChI is InChI=1S/C18H15S.C4HF9O3S.CHF3O3S/c1-4-10-16(11-5-1)19(17-12-6-2-7-13-17)18-14-8-3-9-15-18;5-1(6,3(9,10)11)2(7,8)4(12,13)17(14,15)16;2-1(3,4)8(5,6)7/h1-15H;(H,14,15,16);(H,5,6,7)/q+1;;/p-1. The molecule has 3 aromatic rings. The van der Waals surface area contributed by atoms with Gasteiger partial charge in [0.2, 0.25) is 0 Å². The largest absolute Gasteiger partial charge is 0.741 e. The summed E-state index contributed by atoms with van der Waals surface area (Å²) in [4.78, 5) is 4.08. The first kappa shape index (κ1) is 39.0. The molecule has 0 heterocycles. The minimum absolute atomic E-state index is 0.0146. The Balaban J connectivity index is 0.000000358. The lowest BCUT2D eigenvalue weighted by Crippen LogP contribution is -2.63. The third kappa shape index (κ3) is 9.25. The molecule has 3 aromatic carbocycles. The zero-order valence-electron chi connectivity index (χ0n) is 20.9. The summed E-state index contributed by atoms with van der Waals surface area (Å²) >= 11 is 0. The van der Waals surface area contributed by atoms with Gasteiger partial charge >= 0.3 is 38.9 Å². The summed E-state index contributed by atoms with van der Waals surface area (Å²) in [6.45, 7) is 0. The number of halogens is 12. The lowest BCUT2D eigenvalue weighted by Gasteiger charge is -2.31. The molecular weight excluding hydrogens is 696 g/mol. The lowest BCUT2D eigenvalue weighted by molar-refractivity contribution is -0.382. The molecule has 0 aliphatic rings. The van der Waals surface area contributed by atoms with Gasteiger partial charge in [0.05, 0.1) is 10.9 Å². The van der Waals surface area contributed by atoms with Gasteiger partial charge in [-0.05, 0) is 36.4 Å². The molecule has 0 amide bonds. The van der Waals surface area contributed by atoms with Crippen LogP contribution in [0.4, 0.5) is 52.7 Å². The van der Waals surface area contributed by atoms with Crippen LogP contribution in [0.2, 0.25) is 0 Å². The van der Waals surface area contributed by atoms with Crippen LogP contribution < -0.4 is 0 Å². The summed E-state index contributed by atoms with van der Waals surface area (Å²) < 4.78 is 193. The van der Waals surface area contributed by atoms with Gasteiger partial charge in [-0.1, -0.05) is 54.6 Å². The fourth-order valence-electron chi connectivity index (χ4n) is 2.60. The van der Waals surface area contributed by atoms with E-state index in [1.54, 1.807) is 0 Å². The van der Waals surface area contributed by atoms with E-state index < -0.39 is 49.0 Å². The molecule has 0 fully saturated rings. The van der Waals surface area contributed by atoms with Crippen molar-refractivity contribution in [2.75, 3.05) is 0 Å². The smallest absolute Gasteiger partial charge is 0.485 e. The first-order valence-electron chi connectivity index (χ1n) is 10.8. The van der Waals surface area contributed by atoms with Gasteiger partial charge in [0, 0.05) is 0 Å². The maximum absolute atomic E-state index is 12.2. The second-order valence-electron chi connectivity index (χ2n) is 7.78. The van der Waals surface area contributed by atoms with Crippen molar-refractivity contribution >= 4 is 31.1 Å². The predicted molar refractivity (Wildman–Crippen MR) is 130 cm³/mol. The van der Waals surface area contributed by atoms with Gasteiger partial charge in [0.1, 0.15) is 0 Å². The van der Waals surface area contributed by atoms with E-state index in [1.807, 2.05) is 0 Å². The van der Waals surface area contributed by atoms with Crippen molar-refractivity contribution in [2.24, 2.45) is 0 Å². The van der Waals surface area contributed by atoms with E-state index in [4.69, 9.17) is 17.5 Å². The Hall–Kier alpha value is -3.01. The second kappa shape index (κ2) is 14.0. The Labute approximate surface area is 244 Å². The minimum atomic E-state index is -7.37. The van der Waals surface area contributed by atoms with Crippen molar-refractivity contribution < 1.29 is 78.6 Å². The van der Waals surface area contributed by atoms with Crippen molar-refractivity contribution in [2.45, 2.75) is 43.5 Å². The highest BCUT2D eigenvalue weighted by atomic mass is 32.2. The molecule has 0 saturated heterocycles. The Morgan fingerprint density at radius 3 is 0.955 bits per heavy atom. The molecule has 0 aliphatic heterocycles. The van der Waals surface area contributed by atoms with Crippen molar-refractivity contribution in [1.29, 1.82) is 0 Å².